The van der Waals surface area contributed by atoms with E-state index in [1.54, 1.807) is 11.4 Å². The Labute approximate surface area is 190 Å². The molecule has 12 heteroatoms. The highest BCUT2D eigenvalue weighted by molar-refractivity contribution is 7.89. The number of thiazole rings is 1. The van der Waals surface area contributed by atoms with Gasteiger partial charge in [-0.3, -0.25) is 0 Å². The number of piperazine rings is 1. The highest BCUT2D eigenvalue weighted by atomic mass is 35.5. The Morgan fingerprint density at radius 2 is 1.72 bits per heavy atom. The molecular weight excluding hydrogens is 490 g/mol. The Balaban J connectivity index is 1.49. The van der Waals surface area contributed by atoms with Crippen molar-refractivity contribution in [1.82, 2.24) is 9.29 Å². The Kier molecular flexibility index (Phi) is 6.19. The maximum absolute atomic E-state index is 13.4. The Hall–Kier alpha value is -2.21. The number of benzene rings is 2. The summed E-state index contributed by atoms with van der Waals surface area (Å²) >= 11 is 7.16. The molecule has 5 nitrogen and oxygen atoms in total. The minimum atomic E-state index is -4.77. The highest BCUT2D eigenvalue weighted by Gasteiger charge is 2.39. The van der Waals surface area contributed by atoms with Gasteiger partial charge >= 0.3 is 6.18 Å². The predicted octanol–water partition coefficient (Wildman–Crippen LogP) is 5.13. The summed E-state index contributed by atoms with van der Waals surface area (Å²) in [5.74, 6) is -0.532. The molecule has 0 unspecified atom stereocenters. The van der Waals surface area contributed by atoms with Crippen molar-refractivity contribution >= 4 is 38.1 Å². The van der Waals surface area contributed by atoms with Crippen molar-refractivity contribution in [3.63, 3.8) is 0 Å². The van der Waals surface area contributed by atoms with Gasteiger partial charge in [-0.25, -0.2) is 17.8 Å². The fraction of sp³-hybridized carbons (Fsp3) is 0.250. The number of nitrogens with zero attached hydrogens (tertiary/aromatic N) is 3. The van der Waals surface area contributed by atoms with E-state index in [4.69, 9.17) is 11.6 Å². The quantitative estimate of drug-likeness (QED) is 0.461. The van der Waals surface area contributed by atoms with Gasteiger partial charge in [-0.1, -0.05) is 23.7 Å². The van der Waals surface area contributed by atoms with E-state index in [0.29, 0.717) is 16.4 Å². The number of alkyl halides is 3. The lowest BCUT2D eigenvalue weighted by molar-refractivity contribution is -0.139. The van der Waals surface area contributed by atoms with Gasteiger partial charge in [0.25, 0.3) is 0 Å². The molecule has 1 fully saturated rings. The molecule has 2 heterocycles. The van der Waals surface area contributed by atoms with Crippen molar-refractivity contribution in [3.8, 4) is 11.3 Å². The SMILES string of the molecule is O=S(=O)(c1ccccc1C(F)(F)F)N1CCN(c2nc(-c3ccc(F)c(Cl)c3)cs2)CC1. The normalized spacial score (nSPS) is 15.8. The lowest BCUT2D eigenvalue weighted by Crippen LogP contribution is -2.48. The first-order valence-electron chi connectivity index (χ1n) is 9.39. The molecule has 1 aromatic heterocycles. The van der Waals surface area contributed by atoms with Crippen LogP contribution in [0.4, 0.5) is 22.7 Å². The molecule has 0 bridgehead atoms. The van der Waals surface area contributed by atoms with Crippen molar-refractivity contribution in [1.29, 1.82) is 0 Å². The Bertz CT molecular complexity index is 1240. The summed E-state index contributed by atoms with van der Waals surface area (Å²) in [6, 6.07) is 8.46. The molecule has 170 valence electrons. The molecule has 0 spiro atoms. The van der Waals surface area contributed by atoms with E-state index < -0.39 is 32.5 Å². The molecule has 0 N–H and O–H groups in total. The Morgan fingerprint density at radius 3 is 2.38 bits per heavy atom. The summed E-state index contributed by atoms with van der Waals surface area (Å²) in [6.45, 7) is 0.576. The van der Waals surface area contributed by atoms with E-state index in [-0.39, 0.29) is 31.2 Å². The molecule has 0 saturated carbocycles. The number of hydrogen-bond donors (Lipinski definition) is 0. The first kappa shape index (κ1) is 23.0. The van der Waals surface area contributed by atoms with E-state index >= 15 is 0 Å². The minimum Gasteiger partial charge on any atom is -0.345 e. The monoisotopic (exact) mass is 505 g/mol. The molecule has 0 atom stereocenters. The topological polar surface area (TPSA) is 53.5 Å². The van der Waals surface area contributed by atoms with Crippen molar-refractivity contribution in [2.75, 3.05) is 31.1 Å². The number of anilines is 1. The zero-order chi connectivity index (χ0) is 23.1. The lowest BCUT2D eigenvalue weighted by atomic mass is 10.2. The van der Waals surface area contributed by atoms with Crippen molar-refractivity contribution in [3.05, 3.63) is 64.2 Å². The molecule has 1 saturated heterocycles. The van der Waals surface area contributed by atoms with Crippen molar-refractivity contribution < 1.29 is 26.0 Å². The van der Waals surface area contributed by atoms with E-state index in [9.17, 15) is 26.0 Å². The van der Waals surface area contributed by atoms with Crippen LogP contribution < -0.4 is 4.90 Å². The lowest BCUT2D eigenvalue weighted by Gasteiger charge is -2.34. The smallest absolute Gasteiger partial charge is 0.345 e. The fourth-order valence-corrected chi connectivity index (χ4v) is 6.09. The third kappa shape index (κ3) is 4.47. The zero-order valence-corrected chi connectivity index (χ0v) is 18.7. The second-order valence-corrected chi connectivity index (χ2v) is 10.2. The first-order valence-corrected chi connectivity index (χ1v) is 12.1. The molecule has 1 aliphatic rings. The van der Waals surface area contributed by atoms with Crippen molar-refractivity contribution in [2.24, 2.45) is 0 Å². The maximum Gasteiger partial charge on any atom is 0.417 e. The van der Waals surface area contributed by atoms with Gasteiger partial charge in [0, 0.05) is 37.1 Å². The van der Waals surface area contributed by atoms with E-state index in [1.807, 2.05) is 4.90 Å². The third-order valence-corrected chi connectivity index (χ3v) is 8.17. The molecule has 1 aliphatic heterocycles. The largest absolute Gasteiger partial charge is 0.417 e. The van der Waals surface area contributed by atoms with Crippen LogP contribution in [-0.2, 0) is 16.2 Å². The number of hydrogen-bond acceptors (Lipinski definition) is 5. The predicted molar refractivity (Wildman–Crippen MR) is 115 cm³/mol. The second-order valence-electron chi connectivity index (χ2n) is 7.03. The number of sulfonamides is 1. The average Bonchev–Trinajstić information content (AvgIpc) is 3.25. The van der Waals surface area contributed by atoms with Gasteiger partial charge in [0.05, 0.1) is 21.2 Å². The highest BCUT2D eigenvalue weighted by Crippen LogP contribution is 2.36. The van der Waals surface area contributed by atoms with Gasteiger partial charge < -0.3 is 4.90 Å². The summed E-state index contributed by atoms with van der Waals surface area (Å²) in [6.07, 6.45) is -4.77. The van der Waals surface area contributed by atoms with Gasteiger partial charge in [-0.05, 0) is 30.3 Å². The van der Waals surface area contributed by atoms with Crippen LogP contribution in [-0.4, -0.2) is 43.9 Å². The van der Waals surface area contributed by atoms with Gasteiger partial charge in [-0.2, -0.15) is 17.5 Å². The van der Waals surface area contributed by atoms with Crippen LogP contribution in [0.15, 0.2) is 52.7 Å². The van der Waals surface area contributed by atoms with E-state index in [1.165, 1.54) is 29.5 Å². The summed E-state index contributed by atoms with van der Waals surface area (Å²) in [5, 5.41) is 2.39. The van der Waals surface area contributed by atoms with Crippen LogP contribution >= 0.6 is 22.9 Å². The number of halogens is 5. The summed E-state index contributed by atoms with van der Waals surface area (Å²) in [7, 11) is -4.31. The standard InChI is InChI=1S/C20H16ClF4N3O2S2/c21-15-11-13(5-6-16(15)22)17-12-31-19(26-17)27-7-9-28(10-8-27)32(29,30)18-4-2-1-3-14(18)20(23,24)25/h1-6,11-12H,7-10H2. The molecule has 32 heavy (non-hydrogen) atoms. The summed E-state index contributed by atoms with van der Waals surface area (Å²) < 4.78 is 80.1. The molecular formula is C20H16ClF4N3O2S2. The van der Waals surface area contributed by atoms with Gasteiger partial charge in [-0.15, -0.1) is 11.3 Å². The zero-order valence-electron chi connectivity index (χ0n) is 16.3. The van der Waals surface area contributed by atoms with Gasteiger partial charge in [0.1, 0.15) is 5.82 Å². The minimum absolute atomic E-state index is 0.0185. The van der Waals surface area contributed by atoms with Crippen LogP contribution in [0.25, 0.3) is 11.3 Å². The first-order chi connectivity index (χ1) is 15.1. The average molecular weight is 506 g/mol. The molecule has 3 aromatic rings. The number of rotatable bonds is 4. The molecule has 0 radical (unpaired) electrons. The fourth-order valence-electron chi connectivity index (χ4n) is 3.38. The van der Waals surface area contributed by atoms with Crippen LogP contribution in [0.1, 0.15) is 5.56 Å². The van der Waals surface area contributed by atoms with Crippen LogP contribution in [0.2, 0.25) is 5.02 Å². The van der Waals surface area contributed by atoms with Gasteiger partial charge in [0.2, 0.25) is 10.0 Å². The van der Waals surface area contributed by atoms with Crippen LogP contribution in [0.5, 0.6) is 0 Å². The molecule has 0 aliphatic carbocycles. The Morgan fingerprint density at radius 1 is 1.03 bits per heavy atom. The van der Waals surface area contributed by atoms with Crippen LogP contribution in [0, 0.1) is 5.82 Å². The van der Waals surface area contributed by atoms with Crippen molar-refractivity contribution in [2.45, 2.75) is 11.1 Å². The number of aromatic nitrogens is 1. The maximum atomic E-state index is 13.4. The summed E-state index contributed by atoms with van der Waals surface area (Å²) in [5.41, 5.74) is 0.0647. The van der Waals surface area contributed by atoms with E-state index in [0.717, 1.165) is 22.5 Å². The molecule has 4 rings (SSSR count). The molecule has 0 amide bonds. The molecule has 2 aromatic carbocycles. The van der Waals surface area contributed by atoms with Crippen LogP contribution in [0.3, 0.4) is 0 Å². The van der Waals surface area contributed by atoms with Gasteiger partial charge in [0.15, 0.2) is 5.13 Å². The third-order valence-electron chi connectivity index (χ3n) is 5.03. The van der Waals surface area contributed by atoms with E-state index in [2.05, 4.69) is 4.98 Å². The summed E-state index contributed by atoms with van der Waals surface area (Å²) in [4.78, 5) is 5.63. The second kappa shape index (κ2) is 8.62.